The number of carbonyl (C=O) groups excluding carboxylic acids is 3. The fourth-order valence-electron chi connectivity index (χ4n) is 2.20. The molecule has 138 valence electrons. The van der Waals surface area contributed by atoms with E-state index in [9.17, 15) is 14.4 Å². The molecular formula is C18H20N2O6. The molecule has 0 radical (unpaired) electrons. The maximum absolute atomic E-state index is 11.8. The van der Waals surface area contributed by atoms with Gasteiger partial charge in [0.1, 0.15) is 5.75 Å². The zero-order chi connectivity index (χ0) is 18.9. The van der Waals surface area contributed by atoms with Gasteiger partial charge in [0, 0.05) is 0 Å². The Morgan fingerprint density at radius 3 is 2.50 bits per heavy atom. The van der Waals surface area contributed by atoms with Gasteiger partial charge < -0.3 is 25.2 Å². The van der Waals surface area contributed by atoms with Crippen molar-refractivity contribution in [3.63, 3.8) is 0 Å². The summed E-state index contributed by atoms with van der Waals surface area (Å²) in [5, 5.41) is 15.7. The van der Waals surface area contributed by atoms with Crippen LogP contribution < -0.4 is 15.4 Å². The van der Waals surface area contributed by atoms with E-state index in [2.05, 4.69) is 15.4 Å². The van der Waals surface area contributed by atoms with Gasteiger partial charge in [0.2, 0.25) is 5.91 Å². The van der Waals surface area contributed by atoms with Gasteiger partial charge in [-0.2, -0.15) is 0 Å². The average molecular weight is 360 g/mol. The molecule has 0 saturated heterocycles. The van der Waals surface area contributed by atoms with Gasteiger partial charge in [0.25, 0.3) is 5.91 Å². The lowest BCUT2D eigenvalue weighted by Gasteiger charge is -2.14. The first-order valence-corrected chi connectivity index (χ1v) is 7.90. The number of aliphatic hydroxyl groups is 1. The number of methoxy groups -OCH3 is 1. The number of ether oxygens (including phenoxy) is 2. The van der Waals surface area contributed by atoms with E-state index in [1.165, 1.54) is 0 Å². The third-order valence-corrected chi connectivity index (χ3v) is 3.54. The van der Waals surface area contributed by atoms with Gasteiger partial charge in [0.05, 0.1) is 20.3 Å². The second-order valence-electron chi connectivity index (χ2n) is 5.40. The highest BCUT2D eigenvalue weighted by atomic mass is 16.5. The number of esters is 1. The molecule has 2 rings (SSSR count). The molecule has 0 saturated carbocycles. The molecule has 0 spiro atoms. The standard InChI is InChI=1S/C18H20N2O6/c1-25-18(24)15(10-21)20-16(22)9-19-17(23)11-26-14-7-6-12-4-2-3-5-13(12)8-14/h2-8,15,21H,9-11H2,1H3,(H,19,23)(H,20,22)/t15-/m0/s1. The summed E-state index contributed by atoms with van der Waals surface area (Å²) in [5.74, 6) is -1.36. The Kier molecular flexibility index (Phi) is 6.92. The lowest BCUT2D eigenvalue weighted by molar-refractivity contribution is -0.146. The van der Waals surface area contributed by atoms with Gasteiger partial charge >= 0.3 is 5.97 Å². The molecule has 0 fully saturated rings. The fourth-order valence-corrected chi connectivity index (χ4v) is 2.20. The van der Waals surface area contributed by atoms with Gasteiger partial charge in [-0.25, -0.2) is 4.79 Å². The van der Waals surface area contributed by atoms with Crippen LogP contribution in [-0.4, -0.2) is 55.8 Å². The first-order valence-electron chi connectivity index (χ1n) is 7.90. The summed E-state index contributed by atoms with van der Waals surface area (Å²) >= 11 is 0. The Morgan fingerprint density at radius 1 is 1.08 bits per heavy atom. The Morgan fingerprint density at radius 2 is 1.81 bits per heavy atom. The second-order valence-corrected chi connectivity index (χ2v) is 5.40. The number of hydrogen-bond acceptors (Lipinski definition) is 6. The predicted molar refractivity (Wildman–Crippen MR) is 93.5 cm³/mol. The van der Waals surface area contributed by atoms with Crippen LogP contribution in [0.25, 0.3) is 10.8 Å². The second kappa shape index (κ2) is 9.38. The van der Waals surface area contributed by atoms with Crippen LogP contribution in [0.3, 0.4) is 0 Å². The zero-order valence-electron chi connectivity index (χ0n) is 14.2. The molecule has 0 aliphatic rings. The van der Waals surface area contributed by atoms with Crippen molar-refractivity contribution in [2.24, 2.45) is 0 Å². The predicted octanol–water partition coefficient (Wildman–Crippen LogP) is -0.0151. The van der Waals surface area contributed by atoms with Crippen LogP contribution in [0.5, 0.6) is 5.75 Å². The van der Waals surface area contributed by atoms with Crippen LogP contribution in [0.15, 0.2) is 42.5 Å². The number of carbonyl (C=O) groups is 3. The Balaban J connectivity index is 1.77. The summed E-state index contributed by atoms with van der Waals surface area (Å²) in [6.07, 6.45) is 0. The molecule has 0 aliphatic heterocycles. The molecule has 2 aromatic rings. The Hall–Kier alpha value is -3.13. The van der Waals surface area contributed by atoms with Crippen LogP contribution in [0.4, 0.5) is 0 Å². The summed E-state index contributed by atoms with van der Waals surface area (Å²) in [4.78, 5) is 34.7. The van der Waals surface area contributed by atoms with Crippen LogP contribution in [0, 0.1) is 0 Å². The summed E-state index contributed by atoms with van der Waals surface area (Å²) in [6, 6.07) is 12.0. The van der Waals surface area contributed by atoms with E-state index >= 15 is 0 Å². The van der Waals surface area contributed by atoms with Crippen LogP contribution in [0.1, 0.15) is 0 Å². The summed E-state index contributed by atoms with van der Waals surface area (Å²) in [5.41, 5.74) is 0. The summed E-state index contributed by atoms with van der Waals surface area (Å²) in [7, 11) is 1.14. The van der Waals surface area contributed by atoms with Crippen molar-refractivity contribution in [2.75, 3.05) is 26.9 Å². The normalized spacial score (nSPS) is 11.5. The van der Waals surface area contributed by atoms with Crippen LogP contribution >= 0.6 is 0 Å². The van der Waals surface area contributed by atoms with Crippen LogP contribution in [-0.2, 0) is 19.1 Å². The van der Waals surface area contributed by atoms with E-state index in [4.69, 9.17) is 9.84 Å². The quantitative estimate of drug-likeness (QED) is 0.571. The monoisotopic (exact) mass is 360 g/mol. The van der Waals surface area contributed by atoms with Crippen molar-refractivity contribution in [2.45, 2.75) is 6.04 Å². The Labute approximate surface area is 150 Å². The minimum Gasteiger partial charge on any atom is -0.484 e. The van der Waals surface area contributed by atoms with Crippen molar-refractivity contribution < 1.29 is 29.0 Å². The van der Waals surface area contributed by atoms with E-state index in [1.807, 2.05) is 36.4 Å². The highest BCUT2D eigenvalue weighted by Gasteiger charge is 2.20. The van der Waals surface area contributed by atoms with Crippen LogP contribution in [0.2, 0.25) is 0 Å². The van der Waals surface area contributed by atoms with Gasteiger partial charge in [-0.15, -0.1) is 0 Å². The first kappa shape index (κ1) is 19.2. The molecule has 1 atom stereocenters. The van der Waals surface area contributed by atoms with Gasteiger partial charge in [-0.3, -0.25) is 9.59 Å². The van der Waals surface area contributed by atoms with Gasteiger partial charge in [-0.1, -0.05) is 30.3 Å². The van der Waals surface area contributed by atoms with E-state index in [0.717, 1.165) is 17.9 Å². The van der Waals surface area contributed by atoms with Crippen molar-refractivity contribution in [1.82, 2.24) is 10.6 Å². The van der Waals surface area contributed by atoms with E-state index in [-0.39, 0.29) is 13.2 Å². The van der Waals surface area contributed by atoms with E-state index in [1.54, 1.807) is 6.07 Å². The maximum atomic E-state index is 11.8. The highest BCUT2D eigenvalue weighted by Crippen LogP contribution is 2.20. The zero-order valence-corrected chi connectivity index (χ0v) is 14.2. The maximum Gasteiger partial charge on any atom is 0.330 e. The number of fused-ring (bicyclic) bond motifs is 1. The molecule has 8 nitrogen and oxygen atoms in total. The third-order valence-electron chi connectivity index (χ3n) is 3.54. The summed E-state index contributed by atoms with van der Waals surface area (Å²) in [6.45, 7) is -1.21. The molecular weight excluding hydrogens is 340 g/mol. The minimum absolute atomic E-state index is 0.258. The molecule has 0 heterocycles. The van der Waals surface area contributed by atoms with Gasteiger partial charge in [0.15, 0.2) is 12.6 Å². The largest absolute Gasteiger partial charge is 0.484 e. The third kappa shape index (κ3) is 5.45. The molecule has 3 N–H and O–H groups in total. The number of benzene rings is 2. The van der Waals surface area contributed by atoms with E-state index in [0.29, 0.717) is 5.75 Å². The van der Waals surface area contributed by atoms with Gasteiger partial charge in [-0.05, 0) is 22.9 Å². The molecule has 8 heteroatoms. The minimum atomic E-state index is -1.17. The first-order chi connectivity index (χ1) is 12.5. The topological polar surface area (TPSA) is 114 Å². The van der Waals surface area contributed by atoms with Crippen molar-refractivity contribution in [3.05, 3.63) is 42.5 Å². The number of amides is 2. The number of rotatable bonds is 8. The molecule has 2 amide bonds. The molecule has 0 aromatic heterocycles. The lowest BCUT2D eigenvalue weighted by Crippen LogP contribution is -2.48. The lowest BCUT2D eigenvalue weighted by atomic mass is 10.1. The molecule has 0 bridgehead atoms. The van der Waals surface area contributed by atoms with Crippen molar-refractivity contribution in [1.29, 1.82) is 0 Å². The summed E-state index contributed by atoms with van der Waals surface area (Å²) < 4.78 is 9.84. The van der Waals surface area contributed by atoms with Crippen molar-refractivity contribution in [3.8, 4) is 5.75 Å². The average Bonchev–Trinajstić information content (AvgIpc) is 2.68. The highest BCUT2D eigenvalue weighted by molar-refractivity contribution is 5.88. The van der Waals surface area contributed by atoms with Crippen molar-refractivity contribution >= 4 is 28.6 Å². The Bertz CT molecular complexity index is 792. The smallest absolute Gasteiger partial charge is 0.330 e. The fraction of sp³-hybridized carbons (Fsp3) is 0.278. The number of aliphatic hydroxyl groups excluding tert-OH is 1. The number of nitrogens with one attached hydrogen (secondary N) is 2. The van der Waals surface area contributed by atoms with E-state index < -0.39 is 30.4 Å². The SMILES string of the molecule is COC(=O)[C@H](CO)NC(=O)CNC(=O)COc1ccc2ccccc2c1. The molecule has 2 aromatic carbocycles. The molecule has 0 unspecified atom stereocenters. The molecule has 0 aliphatic carbocycles. The number of hydrogen-bond donors (Lipinski definition) is 3. The molecule has 26 heavy (non-hydrogen) atoms.